The van der Waals surface area contributed by atoms with E-state index in [0.717, 1.165) is 0 Å². The Morgan fingerprint density at radius 3 is 2.45 bits per heavy atom. The molecular formula is C22H24N4O7. The van der Waals surface area contributed by atoms with Gasteiger partial charge < -0.3 is 40.8 Å². The van der Waals surface area contributed by atoms with E-state index in [9.17, 15) is 30.0 Å². The number of aromatic nitrogens is 2. The van der Waals surface area contributed by atoms with Crippen molar-refractivity contribution in [2.45, 2.75) is 37.4 Å². The Morgan fingerprint density at radius 2 is 1.76 bits per heavy atom. The molecular weight excluding hydrogens is 432 g/mol. The van der Waals surface area contributed by atoms with Crippen molar-refractivity contribution in [3.05, 3.63) is 53.9 Å². The molecule has 0 aliphatic carbocycles. The minimum atomic E-state index is -1.52. The predicted molar refractivity (Wildman–Crippen MR) is 118 cm³/mol. The van der Waals surface area contributed by atoms with Gasteiger partial charge in [-0.05, 0) is 37.3 Å². The molecule has 0 unspecified atom stereocenters. The molecule has 11 heteroatoms. The number of carbonyl (C=O) groups excluding carboxylic acids is 2. The molecule has 1 aliphatic rings. The van der Waals surface area contributed by atoms with E-state index >= 15 is 0 Å². The van der Waals surface area contributed by atoms with Crippen LogP contribution in [0.15, 0.2) is 42.5 Å². The first-order valence-electron chi connectivity index (χ1n) is 10.3. The molecule has 0 radical (unpaired) electrons. The van der Waals surface area contributed by atoms with Crippen LogP contribution in [0.4, 0.5) is 16.2 Å². The highest BCUT2D eigenvalue weighted by Gasteiger charge is 2.45. The number of amides is 2. The fourth-order valence-corrected chi connectivity index (χ4v) is 3.68. The second kappa shape index (κ2) is 9.25. The molecule has 4 rings (SSSR count). The Bertz CT molecular complexity index is 1180. The number of H-pyrrole nitrogens is 1. The van der Waals surface area contributed by atoms with Gasteiger partial charge >= 0.3 is 6.03 Å². The third kappa shape index (κ3) is 4.72. The van der Waals surface area contributed by atoms with Gasteiger partial charge in [0.25, 0.3) is 0 Å². The van der Waals surface area contributed by atoms with Gasteiger partial charge in [-0.15, -0.1) is 0 Å². The largest absolute Gasteiger partial charge is 0.394 e. The summed E-state index contributed by atoms with van der Waals surface area (Å²) in [5, 5.41) is 45.0. The van der Waals surface area contributed by atoms with Crippen molar-refractivity contribution < 1.29 is 34.8 Å². The minimum Gasteiger partial charge on any atom is -0.394 e. The summed E-state index contributed by atoms with van der Waals surface area (Å²) in [6.07, 6.45) is -6.59. The summed E-state index contributed by atoms with van der Waals surface area (Å²) in [6.45, 7) is 0.900. The van der Waals surface area contributed by atoms with Gasteiger partial charge in [-0.2, -0.15) is 0 Å². The van der Waals surface area contributed by atoms with Crippen LogP contribution in [0.5, 0.6) is 0 Å². The molecule has 33 heavy (non-hydrogen) atoms. The topological polar surface area (TPSA) is 177 Å². The van der Waals surface area contributed by atoms with E-state index in [4.69, 9.17) is 4.74 Å². The number of anilines is 2. The average Bonchev–Trinajstić information content (AvgIpc) is 3.21. The number of hydrogen-bond donors (Lipinski definition) is 7. The summed E-state index contributed by atoms with van der Waals surface area (Å²) < 4.78 is 5.53. The van der Waals surface area contributed by atoms with Gasteiger partial charge in [-0.3, -0.25) is 4.79 Å². The first-order chi connectivity index (χ1) is 15.8. The highest BCUT2D eigenvalue weighted by molar-refractivity contribution is 6.02. The number of nitrogens with one attached hydrogen (secondary N) is 3. The highest BCUT2D eigenvalue weighted by Crippen LogP contribution is 2.32. The molecule has 2 aromatic carbocycles. The minimum absolute atomic E-state index is 0.112. The van der Waals surface area contributed by atoms with E-state index in [1.807, 2.05) is 0 Å². The van der Waals surface area contributed by atoms with Crippen molar-refractivity contribution in [1.82, 2.24) is 9.97 Å². The maximum Gasteiger partial charge on any atom is 0.323 e. The van der Waals surface area contributed by atoms with Crippen LogP contribution in [-0.4, -0.2) is 73.2 Å². The van der Waals surface area contributed by atoms with Crippen LogP contribution >= 0.6 is 0 Å². The number of rotatable bonds is 5. The van der Waals surface area contributed by atoms with E-state index in [-0.39, 0.29) is 11.6 Å². The van der Waals surface area contributed by atoms with Gasteiger partial charge in [0.2, 0.25) is 0 Å². The molecule has 2 amide bonds. The Labute approximate surface area is 188 Å². The number of aliphatic hydroxyl groups is 4. The lowest BCUT2D eigenvalue weighted by Crippen LogP contribution is -2.55. The summed E-state index contributed by atoms with van der Waals surface area (Å²) in [4.78, 5) is 31.2. The monoisotopic (exact) mass is 456 g/mol. The van der Waals surface area contributed by atoms with Gasteiger partial charge in [0.05, 0.1) is 17.6 Å². The number of benzene rings is 2. The van der Waals surface area contributed by atoms with Crippen molar-refractivity contribution in [1.29, 1.82) is 0 Å². The second-order valence-electron chi connectivity index (χ2n) is 7.82. The van der Waals surface area contributed by atoms with Gasteiger partial charge in [0, 0.05) is 16.9 Å². The average molecular weight is 456 g/mol. The SMILES string of the molecule is CC(=O)c1cccc(NC(=O)Nc2ccc3nc([C@@H]4O[C@H](CO)[C@@H](O)[C@H](O)[C@H]4O)[nH]c3c2)c1. The predicted octanol–water partition coefficient (Wildman–Crippen LogP) is 0.924. The van der Waals surface area contributed by atoms with Crippen LogP contribution in [0.25, 0.3) is 11.0 Å². The fraction of sp³-hybridized carbons (Fsp3) is 0.318. The van der Waals surface area contributed by atoms with E-state index in [0.29, 0.717) is 28.0 Å². The Balaban J connectivity index is 1.49. The number of aromatic amines is 1. The van der Waals surface area contributed by atoms with Gasteiger partial charge in [0.15, 0.2) is 5.78 Å². The number of ketones is 1. The molecule has 1 saturated heterocycles. The zero-order chi connectivity index (χ0) is 23.7. The quantitative estimate of drug-likeness (QED) is 0.277. The standard InChI is InChI=1S/C22H24N4O7/c1-10(28)11-3-2-4-12(7-11)23-22(32)24-13-5-6-14-15(8-13)26-21(25-14)20-19(31)18(30)17(29)16(9-27)33-20/h2-8,16-20,27,29-31H,9H2,1H3,(H,25,26)(H2,23,24,32)/t16-,17-,18+,19-,20-/m1/s1. The molecule has 7 N–H and O–H groups in total. The van der Waals surface area contributed by atoms with E-state index in [1.165, 1.54) is 6.92 Å². The lowest BCUT2D eigenvalue weighted by Gasteiger charge is -2.39. The van der Waals surface area contributed by atoms with E-state index in [2.05, 4.69) is 20.6 Å². The zero-order valence-electron chi connectivity index (χ0n) is 17.6. The summed E-state index contributed by atoms with van der Waals surface area (Å²) in [5.74, 6) is 0.0866. The van der Waals surface area contributed by atoms with E-state index in [1.54, 1.807) is 42.5 Å². The molecule has 174 valence electrons. The van der Waals surface area contributed by atoms with Gasteiger partial charge in [0.1, 0.15) is 36.3 Å². The van der Waals surface area contributed by atoms with Crippen LogP contribution in [0, 0.1) is 0 Å². The number of imidazole rings is 1. The first-order valence-corrected chi connectivity index (χ1v) is 10.3. The number of aliphatic hydroxyl groups excluding tert-OH is 4. The molecule has 5 atom stereocenters. The number of fused-ring (bicyclic) bond motifs is 1. The Morgan fingerprint density at radius 1 is 1.03 bits per heavy atom. The number of carbonyl (C=O) groups is 2. The van der Waals surface area contributed by atoms with Crippen LogP contribution in [0.1, 0.15) is 29.2 Å². The molecule has 1 aliphatic heterocycles. The second-order valence-corrected chi connectivity index (χ2v) is 7.82. The molecule has 11 nitrogen and oxygen atoms in total. The molecule has 1 fully saturated rings. The van der Waals surface area contributed by atoms with Crippen molar-refractivity contribution in [2.75, 3.05) is 17.2 Å². The molecule has 2 heterocycles. The fourth-order valence-electron chi connectivity index (χ4n) is 3.68. The maximum atomic E-state index is 12.4. The van der Waals surface area contributed by atoms with E-state index < -0.39 is 43.2 Å². The van der Waals surface area contributed by atoms with Gasteiger partial charge in [-0.25, -0.2) is 9.78 Å². The molecule has 0 bridgehead atoms. The van der Waals surface area contributed by atoms with Crippen molar-refractivity contribution in [3.8, 4) is 0 Å². The summed E-state index contributed by atoms with van der Waals surface area (Å²) in [7, 11) is 0. The van der Waals surface area contributed by atoms with Gasteiger partial charge in [-0.1, -0.05) is 12.1 Å². The van der Waals surface area contributed by atoms with Crippen molar-refractivity contribution in [3.63, 3.8) is 0 Å². The first kappa shape index (κ1) is 22.8. The van der Waals surface area contributed by atoms with Crippen molar-refractivity contribution >= 4 is 34.2 Å². The highest BCUT2D eigenvalue weighted by atomic mass is 16.5. The lowest BCUT2D eigenvalue weighted by atomic mass is 9.95. The third-order valence-corrected chi connectivity index (χ3v) is 5.45. The molecule has 0 spiro atoms. The number of ether oxygens (including phenoxy) is 1. The lowest BCUT2D eigenvalue weighted by molar-refractivity contribution is -0.233. The van der Waals surface area contributed by atoms with Crippen LogP contribution in [-0.2, 0) is 4.74 Å². The van der Waals surface area contributed by atoms with Crippen molar-refractivity contribution in [2.24, 2.45) is 0 Å². The smallest absolute Gasteiger partial charge is 0.323 e. The van der Waals surface area contributed by atoms with Crippen LogP contribution in [0.3, 0.4) is 0 Å². The summed E-state index contributed by atoms with van der Waals surface area (Å²) in [5.41, 5.74) is 2.44. The Kier molecular flexibility index (Phi) is 6.40. The summed E-state index contributed by atoms with van der Waals surface area (Å²) in [6, 6.07) is 11.0. The normalized spacial score (nSPS) is 25.1. The number of urea groups is 1. The Hall–Kier alpha value is -3.35. The molecule has 1 aromatic heterocycles. The number of Topliss-reactive ketones (excluding diaryl/α,β-unsaturated/α-hetero) is 1. The van der Waals surface area contributed by atoms with Crippen LogP contribution < -0.4 is 10.6 Å². The third-order valence-electron chi connectivity index (χ3n) is 5.45. The summed E-state index contributed by atoms with van der Waals surface area (Å²) >= 11 is 0. The molecule has 0 saturated carbocycles. The van der Waals surface area contributed by atoms with Crippen LogP contribution in [0.2, 0.25) is 0 Å². The number of hydrogen-bond acceptors (Lipinski definition) is 8. The molecule has 3 aromatic rings. The zero-order valence-corrected chi connectivity index (χ0v) is 17.6. The maximum absolute atomic E-state index is 12.4. The number of nitrogens with zero attached hydrogens (tertiary/aromatic N) is 1.